The van der Waals surface area contributed by atoms with Crippen LogP contribution in [0.4, 0.5) is 22.7 Å². The van der Waals surface area contributed by atoms with Crippen molar-refractivity contribution in [2.24, 2.45) is 5.92 Å². The van der Waals surface area contributed by atoms with E-state index in [9.17, 15) is 0 Å². The third kappa shape index (κ3) is 4.73. The largest absolute Gasteiger partial charge is 0.560 e. The topological polar surface area (TPSA) is 31.3 Å². The Balaban J connectivity index is 1.10. The summed E-state index contributed by atoms with van der Waals surface area (Å²) in [6.45, 7) is 0. The van der Waals surface area contributed by atoms with E-state index >= 15 is 0 Å². The average molecular weight is 639 g/mol. The lowest BCUT2D eigenvalue weighted by molar-refractivity contribution is -0.0198. The van der Waals surface area contributed by atoms with Crippen LogP contribution < -0.4 is 15.1 Å². The normalized spacial score (nSPS) is 24.1. The van der Waals surface area contributed by atoms with Crippen LogP contribution in [0.1, 0.15) is 66.5 Å². The number of nitrogens with zero attached hydrogens (tertiary/aromatic N) is 2. The second-order valence-corrected chi connectivity index (χ2v) is 13.9. The summed E-state index contributed by atoms with van der Waals surface area (Å²) in [7, 11) is 0. The third-order valence-corrected chi connectivity index (χ3v) is 11.1. The number of fused-ring (bicyclic) bond motifs is 7. The van der Waals surface area contributed by atoms with Crippen molar-refractivity contribution in [3.63, 3.8) is 0 Å². The molecule has 49 heavy (non-hydrogen) atoms. The molecule has 0 radical (unpaired) electrons. The molecule has 4 heteroatoms. The highest BCUT2D eigenvalue weighted by atomic mass is 16.5. The van der Waals surface area contributed by atoms with E-state index in [-0.39, 0.29) is 6.23 Å². The van der Waals surface area contributed by atoms with E-state index in [0.29, 0.717) is 17.9 Å². The molecule has 0 spiro atoms. The van der Waals surface area contributed by atoms with Crippen molar-refractivity contribution >= 4 is 34.4 Å². The quantitative estimate of drug-likeness (QED) is 0.174. The van der Waals surface area contributed by atoms with Crippen molar-refractivity contribution < 1.29 is 4.74 Å². The van der Waals surface area contributed by atoms with Gasteiger partial charge in [-0.2, -0.15) is 0 Å². The molecular formula is C45H40N3O+. The predicted molar refractivity (Wildman–Crippen MR) is 202 cm³/mol. The molecule has 6 aliphatic rings. The Hall–Kier alpha value is -5.48. The number of hydrogen-bond donors (Lipinski definition) is 1. The van der Waals surface area contributed by atoms with E-state index in [1.54, 1.807) is 0 Å². The van der Waals surface area contributed by atoms with Gasteiger partial charge >= 0.3 is 0 Å². The summed E-state index contributed by atoms with van der Waals surface area (Å²) in [5.41, 5.74) is 13.9. The number of aliphatic hydroxyl groups is 2. The van der Waals surface area contributed by atoms with Gasteiger partial charge in [-0.05, 0) is 103 Å². The lowest BCUT2D eigenvalue weighted by Crippen LogP contribution is -2.32. The Kier molecular flexibility index (Phi) is 6.75. The smallest absolute Gasteiger partial charge is 0.289 e. The van der Waals surface area contributed by atoms with Crippen LogP contribution in [-0.4, -0.2) is 10.8 Å². The number of allylic oxidation sites excluding steroid dienone is 7. The van der Waals surface area contributed by atoms with Gasteiger partial charge in [-0.1, -0.05) is 91.1 Å². The van der Waals surface area contributed by atoms with Gasteiger partial charge in [0, 0.05) is 40.3 Å². The number of hydrogen-bond acceptors (Lipinski definition) is 3. The molecule has 4 aliphatic carbocycles. The summed E-state index contributed by atoms with van der Waals surface area (Å²) in [5, 5.41) is 3.72. The highest BCUT2D eigenvalue weighted by molar-refractivity contribution is 5.89. The van der Waals surface area contributed by atoms with Crippen molar-refractivity contribution in [1.82, 2.24) is 5.32 Å². The summed E-state index contributed by atoms with van der Waals surface area (Å²) >= 11 is 0. The number of anilines is 4. The fourth-order valence-electron chi connectivity index (χ4n) is 8.82. The first-order valence-electron chi connectivity index (χ1n) is 17.9. The Bertz CT molecular complexity index is 2140. The first-order valence-corrected chi connectivity index (χ1v) is 17.9. The zero-order valence-electron chi connectivity index (χ0n) is 27.5. The minimum atomic E-state index is -0.0610. The van der Waals surface area contributed by atoms with Gasteiger partial charge in [0.1, 0.15) is 5.70 Å². The van der Waals surface area contributed by atoms with Gasteiger partial charge in [0.25, 0.3) is 12.0 Å². The first kappa shape index (κ1) is 28.5. The predicted octanol–water partition coefficient (Wildman–Crippen LogP) is 10.5. The van der Waals surface area contributed by atoms with Crippen molar-refractivity contribution in [2.75, 3.05) is 9.80 Å². The van der Waals surface area contributed by atoms with E-state index in [1.807, 2.05) is 0 Å². The van der Waals surface area contributed by atoms with Crippen molar-refractivity contribution in [1.29, 1.82) is 0 Å². The maximum atomic E-state index is 5.31. The van der Waals surface area contributed by atoms with Crippen molar-refractivity contribution in [3.8, 4) is 0 Å². The van der Waals surface area contributed by atoms with Crippen molar-refractivity contribution in [2.45, 2.75) is 50.3 Å². The fraction of sp³-hybridized carbons (Fsp3) is 0.200. The first-order chi connectivity index (χ1) is 24.3. The van der Waals surface area contributed by atoms with E-state index in [1.165, 1.54) is 51.3 Å². The number of nitrogens with one attached hydrogen (secondary N) is 1. The molecule has 0 aromatic heterocycles. The molecule has 1 saturated heterocycles. The molecule has 2 heterocycles. The van der Waals surface area contributed by atoms with Crippen LogP contribution in [0.25, 0.3) is 11.6 Å². The van der Waals surface area contributed by atoms with Crippen LogP contribution in [0.5, 0.6) is 0 Å². The molecular weight excluding hydrogens is 599 g/mol. The molecule has 4 atom stereocenters. The highest BCUT2D eigenvalue weighted by Gasteiger charge is 2.41. The van der Waals surface area contributed by atoms with Gasteiger partial charge in [-0.3, -0.25) is 5.32 Å². The SMILES string of the molecule is C1=CC(N2c3cc(N(c4ccccc4)c4ccc5c(c4)C4=C6[OH+]C(c7ccccc7)NC6=CCC4C=C5)ccc3C3CCC=CC32)=CCC1. The van der Waals surface area contributed by atoms with Crippen LogP contribution in [-0.2, 0) is 0 Å². The van der Waals surface area contributed by atoms with Gasteiger partial charge in [0.05, 0.1) is 17.2 Å². The molecule has 1 fully saturated rings. The van der Waals surface area contributed by atoms with E-state index in [4.69, 9.17) is 4.74 Å². The van der Waals surface area contributed by atoms with Crippen LogP contribution >= 0.6 is 0 Å². The maximum absolute atomic E-state index is 5.31. The van der Waals surface area contributed by atoms with Gasteiger partial charge < -0.3 is 14.5 Å². The summed E-state index contributed by atoms with van der Waals surface area (Å²) < 4.78 is 5.31. The Morgan fingerprint density at radius 2 is 1.57 bits per heavy atom. The molecule has 240 valence electrons. The van der Waals surface area contributed by atoms with Crippen molar-refractivity contribution in [3.05, 3.63) is 179 Å². The highest BCUT2D eigenvalue weighted by Crippen LogP contribution is 2.51. The molecule has 4 nitrogen and oxygen atoms in total. The number of rotatable bonds is 5. The Labute approximate surface area is 288 Å². The second kappa shape index (κ2) is 11.6. The van der Waals surface area contributed by atoms with Gasteiger partial charge in [0.2, 0.25) is 0 Å². The molecule has 2 aliphatic heterocycles. The van der Waals surface area contributed by atoms with Crippen LogP contribution in [0.2, 0.25) is 0 Å². The molecule has 0 saturated carbocycles. The summed E-state index contributed by atoms with van der Waals surface area (Å²) in [6.07, 6.45) is 24.4. The maximum Gasteiger partial charge on any atom is 0.289 e. The zero-order valence-corrected chi connectivity index (χ0v) is 27.5. The van der Waals surface area contributed by atoms with E-state index in [0.717, 1.165) is 48.5 Å². The van der Waals surface area contributed by atoms with E-state index < -0.39 is 0 Å². The van der Waals surface area contributed by atoms with Crippen LogP contribution in [0.3, 0.4) is 0 Å². The summed E-state index contributed by atoms with van der Waals surface area (Å²) in [4.78, 5) is 5.05. The van der Waals surface area contributed by atoms with Crippen LogP contribution in [0.15, 0.2) is 157 Å². The van der Waals surface area contributed by atoms with Gasteiger partial charge in [-0.25, -0.2) is 0 Å². The third-order valence-electron chi connectivity index (χ3n) is 11.1. The fourth-order valence-corrected chi connectivity index (χ4v) is 8.82. The monoisotopic (exact) mass is 638 g/mol. The minimum Gasteiger partial charge on any atom is -0.560 e. The Morgan fingerprint density at radius 1 is 0.735 bits per heavy atom. The van der Waals surface area contributed by atoms with Crippen LogP contribution in [0, 0.1) is 5.92 Å². The lowest BCUT2D eigenvalue weighted by atomic mass is 9.79. The number of benzene rings is 4. The molecule has 4 aromatic rings. The van der Waals surface area contributed by atoms with Gasteiger partial charge in [0.15, 0.2) is 0 Å². The molecule has 4 unspecified atom stereocenters. The second-order valence-electron chi connectivity index (χ2n) is 13.9. The minimum absolute atomic E-state index is 0.0610. The standard InChI is InChI=1S/C45H39N3O/c1-4-12-32(13-5-1)45-46-40-27-23-31-21-20-30-22-24-35(28-39(30)43(31)44(40)49-45)47(33-14-6-2-7-15-33)36-25-26-38-37-18-10-11-19-41(37)48(42(38)29-36)34-16-8-3-9-17-34/h1-2,4-8,11-17,19-22,24-29,31,37,41,45-46H,3,9-10,18,23H2/p+1. The number of para-hydroxylation sites is 1. The Morgan fingerprint density at radius 3 is 2.43 bits per heavy atom. The molecule has 0 bridgehead atoms. The molecule has 10 rings (SSSR count). The van der Waals surface area contributed by atoms with Gasteiger partial charge in [-0.15, -0.1) is 0 Å². The average Bonchev–Trinajstić information content (AvgIpc) is 3.75. The summed E-state index contributed by atoms with van der Waals surface area (Å²) in [5.74, 6) is 1.94. The van der Waals surface area contributed by atoms with E-state index in [2.05, 4.69) is 161 Å². The number of ether oxygens (including phenoxy) is 1. The zero-order chi connectivity index (χ0) is 32.3. The lowest BCUT2D eigenvalue weighted by Gasteiger charge is -2.32. The molecule has 2 N–H and O–H groups in total. The summed E-state index contributed by atoms with van der Waals surface area (Å²) in [6, 6.07) is 36.0. The molecule has 0 amide bonds. The molecule has 4 aromatic carbocycles.